The first kappa shape index (κ1) is 33.5. The predicted octanol–water partition coefficient (Wildman–Crippen LogP) is 7.70. The molecule has 3 heterocycles. The Balaban J connectivity index is 0.000000573. The second kappa shape index (κ2) is 16.5. The highest BCUT2D eigenvalue weighted by Gasteiger charge is 2.35. The normalized spacial score (nSPS) is 13.9. The first-order valence-electron chi connectivity index (χ1n) is 14.0. The van der Waals surface area contributed by atoms with Crippen molar-refractivity contribution in [1.29, 1.82) is 0 Å². The summed E-state index contributed by atoms with van der Waals surface area (Å²) in [5.74, 6) is -0.615. The van der Waals surface area contributed by atoms with Crippen LogP contribution in [0.2, 0.25) is 0 Å². The van der Waals surface area contributed by atoms with Gasteiger partial charge in [0.1, 0.15) is 0 Å². The molecule has 220 valence electrons. The molecule has 0 spiro atoms. The van der Waals surface area contributed by atoms with E-state index in [4.69, 9.17) is 4.74 Å². The van der Waals surface area contributed by atoms with Crippen molar-refractivity contribution in [3.63, 3.8) is 0 Å². The minimum atomic E-state index is -0.323. The Hall–Kier alpha value is -3.75. The molecule has 1 aromatic carbocycles. The summed E-state index contributed by atoms with van der Waals surface area (Å²) in [4.78, 5) is 29.2. The van der Waals surface area contributed by atoms with Gasteiger partial charge in [0.05, 0.1) is 36.6 Å². The maximum Gasteiger partial charge on any atom is 0.253 e. The molecule has 0 aliphatic carbocycles. The van der Waals surface area contributed by atoms with Gasteiger partial charge in [-0.1, -0.05) is 69.4 Å². The van der Waals surface area contributed by atoms with Crippen LogP contribution < -0.4 is 10.6 Å². The molecule has 2 aromatic heterocycles. The Bertz CT molecular complexity index is 1360. The number of anilines is 1. The highest BCUT2D eigenvalue weighted by molar-refractivity contribution is 7.14. The van der Waals surface area contributed by atoms with Gasteiger partial charge in [-0.3, -0.25) is 9.59 Å². The molecule has 3 aromatic rings. The molecule has 1 aliphatic rings. The molecule has 7 nitrogen and oxygen atoms in total. The number of ether oxygens (including phenoxy) is 1. The van der Waals surface area contributed by atoms with E-state index in [-0.39, 0.29) is 23.9 Å². The molecule has 1 aliphatic heterocycles. The molecular weight excluding hydrogens is 532 g/mol. The van der Waals surface area contributed by atoms with E-state index in [0.29, 0.717) is 23.9 Å². The topological polar surface area (TPSA) is 85.2 Å². The van der Waals surface area contributed by atoms with Crippen LogP contribution in [0.15, 0.2) is 78.5 Å². The summed E-state index contributed by atoms with van der Waals surface area (Å²) in [6.07, 6.45) is 10.8. The van der Waals surface area contributed by atoms with Crippen LogP contribution in [0.1, 0.15) is 70.8 Å². The molecule has 0 radical (unpaired) electrons. The Morgan fingerprint density at radius 3 is 2.51 bits per heavy atom. The van der Waals surface area contributed by atoms with E-state index in [9.17, 15) is 9.59 Å². The minimum Gasteiger partial charge on any atom is -0.376 e. The standard InChI is InChI=1S/C24H26N4O3S.C7H12.C2H6/c1-4-16(2)17-6-5-7-18(10-17)20-13-32-23(26-20)27-21(29)11-25-22(30)19-8-9-28(12-19)24(3)14-31-15-24;1-4-6-7(3)5-2;1-2/h4-10,12-13H,11,14-15H2,1-3H3,(H,25,30)(H,26,27,29);5-6H,2,4H2,1,3H3;1-2H3/b16-4+;7-6+;. The zero-order chi connectivity index (χ0) is 30.4. The fraction of sp³-hybridized carbons (Fsp3) is 0.364. The number of benzene rings is 1. The average molecular weight is 577 g/mol. The molecule has 1 fully saturated rings. The van der Waals surface area contributed by atoms with E-state index >= 15 is 0 Å². The number of aromatic nitrogens is 2. The van der Waals surface area contributed by atoms with Crippen LogP contribution in [0.4, 0.5) is 5.13 Å². The molecule has 0 saturated carbocycles. The third-order valence-corrected chi connectivity index (χ3v) is 7.22. The summed E-state index contributed by atoms with van der Waals surface area (Å²) in [6.45, 7) is 19.1. The number of hydrogen-bond acceptors (Lipinski definition) is 5. The Morgan fingerprint density at radius 2 is 1.93 bits per heavy atom. The predicted molar refractivity (Wildman–Crippen MR) is 172 cm³/mol. The van der Waals surface area contributed by atoms with Crippen LogP contribution in [-0.2, 0) is 15.1 Å². The quantitative estimate of drug-likeness (QED) is 0.256. The number of carbonyl (C=O) groups is 2. The van der Waals surface area contributed by atoms with Crippen LogP contribution in [0, 0.1) is 0 Å². The second-order valence-corrected chi connectivity index (χ2v) is 10.5. The first-order valence-corrected chi connectivity index (χ1v) is 14.9. The van der Waals surface area contributed by atoms with Gasteiger partial charge in [-0.2, -0.15) is 0 Å². The van der Waals surface area contributed by atoms with Gasteiger partial charge in [0.15, 0.2) is 5.13 Å². The highest BCUT2D eigenvalue weighted by atomic mass is 32.1. The maximum atomic E-state index is 12.4. The minimum absolute atomic E-state index is 0.108. The molecule has 1 saturated heterocycles. The van der Waals surface area contributed by atoms with Crippen molar-refractivity contribution in [2.24, 2.45) is 0 Å². The smallest absolute Gasteiger partial charge is 0.253 e. The third kappa shape index (κ3) is 9.69. The van der Waals surface area contributed by atoms with Gasteiger partial charge in [0, 0.05) is 23.3 Å². The Morgan fingerprint density at radius 1 is 1.20 bits per heavy atom. The van der Waals surface area contributed by atoms with Gasteiger partial charge in [0.25, 0.3) is 5.91 Å². The lowest BCUT2D eigenvalue weighted by atomic mass is 10.0. The van der Waals surface area contributed by atoms with Gasteiger partial charge in [0.2, 0.25) is 5.91 Å². The zero-order valence-electron chi connectivity index (χ0n) is 25.4. The summed E-state index contributed by atoms with van der Waals surface area (Å²) in [7, 11) is 0. The molecular formula is C33H44N4O3S. The summed E-state index contributed by atoms with van der Waals surface area (Å²) < 4.78 is 7.25. The molecule has 41 heavy (non-hydrogen) atoms. The zero-order valence-corrected chi connectivity index (χ0v) is 26.2. The highest BCUT2D eigenvalue weighted by Crippen LogP contribution is 2.28. The van der Waals surface area contributed by atoms with E-state index < -0.39 is 0 Å². The molecule has 8 heteroatoms. The van der Waals surface area contributed by atoms with Crippen molar-refractivity contribution < 1.29 is 14.3 Å². The largest absolute Gasteiger partial charge is 0.376 e. The lowest BCUT2D eigenvalue weighted by molar-refractivity contribution is -0.115. The third-order valence-electron chi connectivity index (χ3n) is 6.46. The van der Waals surface area contributed by atoms with Crippen molar-refractivity contribution >= 4 is 33.9 Å². The summed E-state index contributed by atoms with van der Waals surface area (Å²) >= 11 is 1.35. The molecule has 0 bridgehead atoms. The van der Waals surface area contributed by atoms with Crippen LogP contribution >= 0.6 is 11.3 Å². The monoisotopic (exact) mass is 576 g/mol. The number of nitrogens with zero attached hydrogens (tertiary/aromatic N) is 2. The number of rotatable bonds is 9. The lowest BCUT2D eigenvalue weighted by Gasteiger charge is -2.39. The van der Waals surface area contributed by atoms with Gasteiger partial charge < -0.3 is 19.9 Å². The number of nitrogens with one attached hydrogen (secondary N) is 2. The van der Waals surface area contributed by atoms with E-state index in [2.05, 4.69) is 74.2 Å². The Kier molecular flexibility index (Phi) is 13.5. The van der Waals surface area contributed by atoms with Gasteiger partial charge in [-0.15, -0.1) is 11.3 Å². The van der Waals surface area contributed by atoms with Gasteiger partial charge in [-0.05, 0) is 57.4 Å². The van der Waals surface area contributed by atoms with Crippen molar-refractivity contribution in [3.8, 4) is 11.3 Å². The number of carbonyl (C=O) groups excluding carboxylic acids is 2. The second-order valence-electron chi connectivity index (χ2n) is 9.68. The van der Waals surface area contributed by atoms with Crippen molar-refractivity contribution in [3.05, 3.63) is 89.6 Å². The van der Waals surface area contributed by atoms with E-state index in [1.165, 1.54) is 22.5 Å². The van der Waals surface area contributed by atoms with Crippen molar-refractivity contribution in [2.75, 3.05) is 25.1 Å². The summed E-state index contributed by atoms with van der Waals surface area (Å²) in [6, 6.07) is 9.88. The molecule has 4 rings (SSSR count). The van der Waals surface area contributed by atoms with E-state index in [0.717, 1.165) is 23.2 Å². The van der Waals surface area contributed by atoms with Crippen molar-refractivity contribution in [1.82, 2.24) is 14.9 Å². The maximum absolute atomic E-state index is 12.4. The fourth-order valence-corrected chi connectivity index (χ4v) is 4.53. The van der Waals surface area contributed by atoms with Crippen LogP contribution in [0.3, 0.4) is 0 Å². The summed E-state index contributed by atoms with van der Waals surface area (Å²) in [5, 5.41) is 7.82. The van der Waals surface area contributed by atoms with E-state index in [1.54, 1.807) is 12.3 Å². The fourth-order valence-electron chi connectivity index (χ4n) is 3.80. The van der Waals surface area contributed by atoms with Crippen LogP contribution in [0.25, 0.3) is 16.8 Å². The number of amides is 2. The average Bonchev–Trinajstić information content (AvgIpc) is 3.66. The first-order chi connectivity index (χ1) is 19.7. The number of hydrogen-bond donors (Lipinski definition) is 2. The number of allylic oxidation sites excluding steroid dienone is 5. The van der Waals surface area contributed by atoms with Crippen LogP contribution in [-0.4, -0.2) is 41.1 Å². The SMILES string of the molecule is C/C=C(\C)c1cccc(-c2csc(NC(=O)CNC(=O)c3ccn(C4(C)COC4)c3)n2)c1.C=C/C(C)=C/CC.CC. The van der Waals surface area contributed by atoms with E-state index in [1.807, 2.05) is 55.1 Å². The van der Waals surface area contributed by atoms with Crippen LogP contribution in [0.5, 0.6) is 0 Å². The summed E-state index contributed by atoms with van der Waals surface area (Å²) in [5.41, 5.74) is 5.79. The van der Waals surface area contributed by atoms with Crippen molar-refractivity contribution in [2.45, 2.75) is 60.4 Å². The number of thiazole rings is 1. The van der Waals surface area contributed by atoms with Gasteiger partial charge >= 0.3 is 0 Å². The molecule has 2 amide bonds. The molecule has 0 atom stereocenters. The lowest BCUT2D eigenvalue weighted by Crippen LogP contribution is -2.48. The Labute approximate surface area is 249 Å². The molecule has 2 N–H and O–H groups in total. The van der Waals surface area contributed by atoms with Gasteiger partial charge in [-0.25, -0.2) is 4.98 Å². The molecule has 0 unspecified atom stereocenters.